The summed E-state index contributed by atoms with van der Waals surface area (Å²) in [4.78, 5) is 0. The minimum atomic E-state index is 0.326. The highest BCUT2D eigenvalue weighted by atomic mass is 16.5. The third kappa shape index (κ3) is 2.06. The largest absolute Gasteiger partial charge is 0.496 e. The van der Waals surface area contributed by atoms with Crippen LogP contribution in [0.1, 0.15) is 31.0 Å². The Morgan fingerprint density at radius 2 is 2.06 bits per heavy atom. The van der Waals surface area contributed by atoms with Gasteiger partial charge < -0.3 is 15.0 Å². The number of methoxy groups -OCH3 is 1. The molecular weight excluding hydrogens is 228 g/mol. The molecule has 96 valence electrons. The first-order valence-electron chi connectivity index (χ1n) is 5.94. The maximum Gasteiger partial charge on any atom is 0.230 e. The second-order valence-electron chi connectivity index (χ2n) is 4.62. The average Bonchev–Trinajstić information content (AvgIpc) is 2.68. The summed E-state index contributed by atoms with van der Waals surface area (Å²) >= 11 is 0. The van der Waals surface area contributed by atoms with E-state index in [-0.39, 0.29) is 0 Å². The standard InChI is InChI=1S/C14H18N2O2/c1-8(2)10-5-6-12(17-4)11(7-10)13-9(3)16-18-14(13)15/h5-8H,15H2,1-4H3. The maximum atomic E-state index is 5.84. The zero-order chi connectivity index (χ0) is 13.3. The fraction of sp³-hybridized carbons (Fsp3) is 0.357. The van der Waals surface area contributed by atoms with Crippen LogP contribution in [0.3, 0.4) is 0 Å². The summed E-state index contributed by atoms with van der Waals surface area (Å²) in [5.41, 5.74) is 9.58. The lowest BCUT2D eigenvalue weighted by atomic mass is 9.96. The molecule has 0 saturated carbocycles. The van der Waals surface area contributed by atoms with Gasteiger partial charge in [-0.05, 0) is 30.5 Å². The summed E-state index contributed by atoms with van der Waals surface area (Å²) in [5.74, 6) is 1.54. The number of hydrogen-bond donors (Lipinski definition) is 1. The second kappa shape index (κ2) is 4.72. The lowest BCUT2D eigenvalue weighted by Crippen LogP contribution is -1.95. The fourth-order valence-corrected chi connectivity index (χ4v) is 1.99. The first-order chi connectivity index (χ1) is 8.54. The summed E-state index contributed by atoms with van der Waals surface area (Å²) in [7, 11) is 1.65. The van der Waals surface area contributed by atoms with Gasteiger partial charge in [0.2, 0.25) is 5.88 Å². The van der Waals surface area contributed by atoms with Gasteiger partial charge >= 0.3 is 0 Å². The summed E-state index contributed by atoms with van der Waals surface area (Å²) in [6, 6.07) is 6.10. The number of aromatic nitrogens is 1. The Bertz CT molecular complexity index is 539. The van der Waals surface area contributed by atoms with E-state index in [0.717, 1.165) is 22.6 Å². The maximum absolute atomic E-state index is 5.84. The van der Waals surface area contributed by atoms with Crippen molar-refractivity contribution in [3.8, 4) is 16.9 Å². The van der Waals surface area contributed by atoms with Crippen molar-refractivity contribution in [2.45, 2.75) is 26.7 Å². The molecule has 1 heterocycles. The number of benzene rings is 1. The molecule has 0 aliphatic rings. The number of rotatable bonds is 3. The molecule has 0 amide bonds. The zero-order valence-corrected chi connectivity index (χ0v) is 11.2. The van der Waals surface area contributed by atoms with E-state index in [1.54, 1.807) is 7.11 Å². The second-order valence-corrected chi connectivity index (χ2v) is 4.62. The van der Waals surface area contributed by atoms with E-state index in [1.165, 1.54) is 5.56 Å². The number of ether oxygens (including phenoxy) is 1. The van der Waals surface area contributed by atoms with Gasteiger partial charge in [0.25, 0.3) is 0 Å². The van der Waals surface area contributed by atoms with Gasteiger partial charge in [-0.1, -0.05) is 25.1 Å². The van der Waals surface area contributed by atoms with Gasteiger partial charge in [0.05, 0.1) is 18.4 Å². The molecule has 0 atom stereocenters. The van der Waals surface area contributed by atoms with Crippen LogP contribution in [0.15, 0.2) is 22.7 Å². The fourth-order valence-electron chi connectivity index (χ4n) is 1.99. The van der Waals surface area contributed by atoms with Gasteiger partial charge in [-0.15, -0.1) is 0 Å². The Morgan fingerprint density at radius 1 is 1.33 bits per heavy atom. The number of anilines is 1. The Kier molecular flexibility index (Phi) is 3.28. The van der Waals surface area contributed by atoms with Gasteiger partial charge in [0.15, 0.2) is 0 Å². The Labute approximate surface area is 107 Å². The van der Waals surface area contributed by atoms with E-state index < -0.39 is 0 Å². The molecule has 1 aromatic carbocycles. The predicted octanol–water partition coefficient (Wildman–Crippen LogP) is 3.36. The molecule has 0 bridgehead atoms. The van der Waals surface area contributed by atoms with Crippen LogP contribution in [0.25, 0.3) is 11.1 Å². The third-order valence-corrected chi connectivity index (χ3v) is 3.05. The van der Waals surface area contributed by atoms with Crippen LogP contribution in [0, 0.1) is 6.92 Å². The van der Waals surface area contributed by atoms with Crippen molar-refractivity contribution in [3.63, 3.8) is 0 Å². The van der Waals surface area contributed by atoms with Crippen LogP contribution >= 0.6 is 0 Å². The highest BCUT2D eigenvalue weighted by Gasteiger charge is 2.17. The van der Waals surface area contributed by atoms with Crippen molar-refractivity contribution in [2.75, 3.05) is 12.8 Å². The van der Waals surface area contributed by atoms with Crippen molar-refractivity contribution in [3.05, 3.63) is 29.5 Å². The molecule has 2 aromatic rings. The van der Waals surface area contributed by atoms with Crippen molar-refractivity contribution in [2.24, 2.45) is 0 Å². The van der Waals surface area contributed by atoms with E-state index in [4.69, 9.17) is 15.0 Å². The van der Waals surface area contributed by atoms with Gasteiger partial charge in [0.1, 0.15) is 5.75 Å². The lowest BCUT2D eigenvalue weighted by molar-refractivity contribution is 0.416. The SMILES string of the molecule is COc1ccc(C(C)C)cc1-c1c(C)noc1N. The molecule has 0 fully saturated rings. The number of nitrogen functional groups attached to an aromatic ring is 1. The number of hydrogen-bond acceptors (Lipinski definition) is 4. The Morgan fingerprint density at radius 3 is 2.56 bits per heavy atom. The summed E-state index contributed by atoms with van der Waals surface area (Å²) < 4.78 is 10.4. The molecule has 2 rings (SSSR count). The molecule has 0 aliphatic heterocycles. The molecular formula is C14H18N2O2. The van der Waals surface area contributed by atoms with Gasteiger partial charge in [-0.2, -0.15) is 0 Å². The minimum absolute atomic E-state index is 0.326. The van der Waals surface area contributed by atoms with Crippen molar-refractivity contribution in [1.82, 2.24) is 5.16 Å². The van der Waals surface area contributed by atoms with Gasteiger partial charge in [-0.25, -0.2) is 0 Å². The first kappa shape index (κ1) is 12.5. The molecule has 0 saturated heterocycles. The molecule has 4 heteroatoms. The smallest absolute Gasteiger partial charge is 0.230 e. The van der Waals surface area contributed by atoms with Crippen LogP contribution in [0.4, 0.5) is 5.88 Å². The summed E-state index contributed by atoms with van der Waals surface area (Å²) in [6.07, 6.45) is 0. The average molecular weight is 246 g/mol. The number of nitrogens with zero attached hydrogens (tertiary/aromatic N) is 1. The quantitative estimate of drug-likeness (QED) is 0.902. The van der Waals surface area contributed by atoms with Crippen LogP contribution in [-0.4, -0.2) is 12.3 Å². The highest BCUT2D eigenvalue weighted by molar-refractivity contribution is 5.80. The van der Waals surface area contributed by atoms with Gasteiger partial charge in [0, 0.05) is 5.56 Å². The van der Waals surface area contributed by atoms with Crippen molar-refractivity contribution in [1.29, 1.82) is 0 Å². The Hall–Kier alpha value is -1.97. The monoisotopic (exact) mass is 246 g/mol. The number of nitrogens with two attached hydrogens (primary N) is 1. The van der Waals surface area contributed by atoms with Crippen LogP contribution in [-0.2, 0) is 0 Å². The Balaban J connectivity index is 2.64. The third-order valence-electron chi connectivity index (χ3n) is 3.05. The number of aryl methyl sites for hydroxylation is 1. The molecule has 4 nitrogen and oxygen atoms in total. The minimum Gasteiger partial charge on any atom is -0.496 e. The lowest BCUT2D eigenvalue weighted by Gasteiger charge is -2.12. The van der Waals surface area contributed by atoms with Crippen molar-refractivity contribution >= 4 is 5.88 Å². The van der Waals surface area contributed by atoms with Crippen LogP contribution < -0.4 is 10.5 Å². The molecule has 18 heavy (non-hydrogen) atoms. The normalized spacial score (nSPS) is 10.9. The topological polar surface area (TPSA) is 61.3 Å². The van der Waals surface area contributed by atoms with Crippen LogP contribution in [0.2, 0.25) is 0 Å². The first-order valence-corrected chi connectivity index (χ1v) is 5.94. The van der Waals surface area contributed by atoms with Crippen molar-refractivity contribution < 1.29 is 9.26 Å². The molecule has 0 unspecified atom stereocenters. The summed E-state index contributed by atoms with van der Waals surface area (Å²) in [6.45, 7) is 6.17. The summed E-state index contributed by atoms with van der Waals surface area (Å²) in [5, 5.41) is 3.89. The van der Waals surface area contributed by atoms with E-state index >= 15 is 0 Å². The predicted molar refractivity (Wildman–Crippen MR) is 71.7 cm³/mol. The molecule has 0 radical (unpaired) electrons. The van der Waals surface area contributed by atoms with E-state index in [2.05, 4.69) is 31.1 Å². The molecule has 1 aromatic heterocycles. The molecule has 2 N–H and O–H groups in total. The zero-order valence-electron chi connectivity index (χ0n) is 11.2. The van der Waals surface area contributed by atoms with Crippen LogP contribution in [0.5, 0.6) is 5.75 Å². The highest BCUT2D eigenvalue weighted by Crippen LogP contribution is 2.37. The molecule has 0 aliphatic carbocycles. The van der Waals surface area contributed by atoms with E-state index in [9.17, 15) is 0 Å². The van der Waals surface area contributed by atoms with E-state index in [0.29, 0.717) is 11.8 Å². The van der Waals surface area contributed by atoms with E-state index in [1.807, 2.05) is 13.0 Å². The molecule has 0 spiro atoms. The van der Waals surface area contributed by atoms with Gasteiger partial charge in [-0.3, -0.25) is 0 Å².